The third-order valence-corrected chi connectivity index (χ3v) is 4.07. The Morgan fingerprint density at radius 2 is 1.96 bits per heavy atom. The van der Waals surface area contributed by atoms with Crippen LogP contribution < -0.4 is 5.32 Å². The molecule has 0 aromatic carbocycles. The van der Waals surface area contributed by atoms with Crippen LogP contribution >= 0.6 is 0 Å². The molecule has 4 rings (SSSR count). The van der Waals surface area contributed by atoms with Gasteiger partial charge in [-0.05, 0) is 36.6 Å². The molecule has 4 aromatic rings. The normalized spacial score (nSPS) is 10.8. The van der Waals surface area contributed by atoms with Crippen LogP contribution in [0.5, 0.6) is 0 Å². The molecule has 7 heteroatoms. The summed E-state index contributed by atoms with van der Waals surface area (Å²) in [7, 11) is 0. The van der Waals surface area contributed by atoms with E-state index >= 15 is 0 Å². The van der Waals surface area contributed by atoms with Gasteiger partial charge in [-0.25, -0.2) is 9.97 Å². The van der Waals surface area contributed by atoms with Crippen LogP contribution in [0, 0.1) is 6.92 Å². The summed E-state index contributed by atoms with van der Waals surface area (Å²) in [6.07, 6.45) is 10.4. The summed E-state index contributed by atoms with van der Waals surface area (Å²) in [5.74, 6) is 1.14. The van der Waals surface area contributed by atoms with Gasteiger partial charge in [0, 0.05) is 48.1 Å². The van der Waals surface area contributed by atoms with E-state index < -0.39 is 0 Å². The van der Waals surface area contributed by atoms with Gasteiger partial charge in [0.1, 0.15) is 18.2 Å². The number of hydrogen-bond donors (Lipinski definition) is 1. The smallest absolute Gasteiger partial charge is 0.245 e. The van der Waals surface area contributed by atoms with Gasteiger partial charge in [0.05, 0.1) is 5.69 Å². The quantitative estimate of drug-likeness (QED) is 0.615. The number of fused-ring (bicyclic) bond motifs is 1. The third kappa shape index (κ3) is 3.27. The van der Waals surface area contributed by atoms with Crippen molar-refractivity contribution in [3.05, 3.63) is 67.3 Å². The molecule has 0 spiro atoms. The van der Waals surface area contributed by atoms with Crippen molar-refractivity contribution in [2.75, 3.05) is 5.32 Å². The first-order valence-corrected chi connectivity index (χ1v) is 8.13. The zero-order valence-corrected chi connectivity index (χ0v) is 14.1. The van der Waals surface area contributed by atoms with Crippen LogP contribution in [0.4, 0.5) is 5.82 Å². The highest BCUT2D eigenvalue weighted by Gasteiger charge is 2.08. The van der Waals surface area contributed by atoms with Crippen molar-refractivity contribution in [2.24, 2.45) is 0 Å². The molecule has 1 amide bonds. The number of rotatable bonds is 4. The first kappa shape index (κ1) is 15.9. The number of anilines is 1. The molecule has 7 nitrogen and oxygen atoms in total. The van der Waals surface area contributed by atoms with Crippen molar-refractivity contribution >= 4 is 22.5 Å². The van der Waals surface area contributed by atoms with Crippen LogP contribution in [0.2, 0.25) is 0 Å². The predicted molar refractivity (Wildman–Crippen MR) is 98.4 cm³/mol. The molecular formula is C19H16N6O. The highest BCUT2D eigenvalue weighted by atomic mass is 16.2. The highest BCUT2D eigenvalue weighted by molar-refractivity contribution is 5.93. The zero-order valence-electron chi connectivity index (χ0n) is 14.1. The molecule has 0 fully saturated rings. The van der Waals surface area contributed by atoms with Crippen LogP contribution in [0.15, 0.2) is 61.4 Å². The van der Waals surface area contributed by atoms with E-state index in [1.54, 1.807) is 41.7 Å². The van der Waals surface area contributed by atoms with Crippen molar-refractivity contribution in [3.63, 3.8) is 0 Å². The van der Waals surface area contributed by atoms with Crippen molar-refractivity contribution in [2.45, 2.75) is 13.5 Å². The van der Waals surface area contributed by atoms with E-state index in [0.717, 1.165) is 27.9 Å². The van der Waals surface area contributed by atoms with E-state index in [2.05, 4.69) is 25.3 Å². The maximum atomic E-state index is 12.2. The van der Waals surface area contributed by atoms with E-state index in [9.17, 15) is 4.79 Å². The van der Waals surface area contributed by atoms with Crippen LogP contribution in [0.25, 0.3) is 22.0 Å². The lowest BCUT2D eigenvalue weighted by Gasteiger charge is -2.08. The monoisotopic (exact) mass is 344 g/mol. The van der Waals surface area contributed by atoms with Gasteiger partial charge in [0.25, 0.3) is 0 Å². The minimum atomic E-state index is -0.153. The molecule has 4 aromatic heterocycles. The standard InChI is InChI=1S/C19H16N6O/c1-13-21-5-6-25(13)12-19(26)24-18-8-15-7-17(14-3-2-4-20-9-14)22-10-16(15)11-23-18/h2-11H,12H2,1H3,(H,23,24,26). The largest absolute Gasteiger partial charge is 0.326 e. The number of hydrogen-bond acceptors (Lipinski definition) is 5. The number of amides is 1. The number of carbonyl (C=O) groups is 1. The van der Waals surface area contributed by atoms with Gasteiger partial charge < -0.3 is 9.88 Å². The fraction of sp³-hybridized carbons (Fsp3) is 0.105. The highest BCUT2D eigenvalue weighted by Crippen LogP contribution is 2.22. The minimum absolute atomic E-state index is 0.153. The van der Waals surface area contributed by atoms with E-state index in [0.29, 0.717) is 5.82 Å². The Balaban J connectivity index is 1.58. The maximum Gasteiger partial charge on any atom is 0.245 e. The SMILES string of the molecule is Cc1nccn1CC(=O)Nc1cc2cc(-c3cccnc3)ncc2cn1. The Morgan fingerprint density at radius 3 is 2.73 bits per heavy atom. The molecule has 0 aliphatic rings. The topological polar surface area (TPSA) is 85.6 Å². The van der Waals surface area contributed by atoms with E-state index in [4.69, 9.17) is 0 Å². The molecule has 0 saturated heterocycles. The number of nitrogens with zero attached hydrogens (tertiary/aromatic N) is 5. The molecule has 0 saturated carbocycles. The van der Waals surface area contributed by atoms with Crippen LogP contribution in [-0.2, 0) is 11.3 Å². The fourth-order valence-corrected chi connectivity index (χ4v) is 2.69. The lowest BCUT2D eigenvalue weighted by atomic mass is 10.1. The Hall–Kier alpha value is -3.61. The van der Waals surface area contributed by atoms with Gasteiger partial charge >= 0.3 is 0 Å². The maximum absolute atomic E-state index is 12.2. The van der Waals surface area contributed by atoms with Crippen molar-refractivity contribution in [1.29, 1.82) is 0 Å². The molecule has 26 heavy (non-hydrogen) atoms. The summed E-state index contributed by atoms with van der Waals surface area (Å²) in [5, 5.41) is 4.68. The first-order chi connectivity index (χ1) is 12.7. The zero-order chi connectivity index (χ0) is 17.9. The van der Waals surface area contributed by atoms with E-state index in [1.165, 1.54) is 0 Å². The average molecular weight is 344 g/mol. The summed E-state index contributed by atoms with van der Waals surface area (Å²) in [6.45, 7) is 2.05. The third-order valence-electron chi connectivity index (χ3n) is 4.07. The Labute approximate surface area is 149 Å². The Kier molecular flexibility index (Phi) is 4.10. The summed E-state index contributed by atoms with van der Waals surface area (Å²) >= 11 is 0. The summed E-state index contributed by atoms with van der Waals surface area (Å²) in [6, 6.07) is 7.63. The van der Waals surface area contributed by atoms with Gasteiger partial charge in [-0.3, -0.25) is 14.8 Å². The van der Waals surface area contributed by atoms with Crippen LogP contribution in [0.3, 0.4) is 0 Å². The van der Waals surface area contributed by atoms with Crippen LogP contribution in [-0.4, -0.2) is 30.4 Å². The van der Waals surface area contributed by atoms with Crippen molar-refractivity contribution < 1.29 is 4.79 Å². The number of aromatic nitrogens is 5. The average Bonchev–Trinajstić information content (AvgIpc) is 3.06. The molecule has 0 unspecified atom stereocenters. The summed E-state index contributed by atoms with van der Waals surface area (Å²) in [4.78, 5) is 29.2. The van der Waals surface area contributed by atoms with Gasteiger partial charge in [-0.1, -0.05) is 0 Å². The molecule has 0 radical (unpaired) electrons. The molecule has 128 valence electrons. The van der Waals surface area contributed by atoms with Gasteiger partial charge in [0.2, 0.25) is 5.91 Å². The second kappa shape index (κ2) is 6.72. The van der Waals surface area contributed by atoms with E-state index in [1.807, 2.05) is 31.2 Å². The Bertz CT molecular complexity index is 1070. The number of imidazole rings is 1. The number of pyridine rings is 3. The second-order valence-corrected chi connectivity index (χ2v) is 5.88. The van der Waals surface area contributed by atoms with Crippen molar-refractivity contribution in [3.8, 4) is 11.3 Å². The Morgan fingerprint density at radius 1 is 1.08 bits per heavy atom. The minimum Gasteiger partial charge on any atom is -0.326 e. The van der Waals surface area contributed by atoms with Crippen molar-refractivity contribution in [1.82, 2.24) is 24.5 Å². The number of aryl methyl sites for hydroxylation is 1. The van der Waals surface area contributed by atoms with Gasteiger partial charge in [-0.15, -0.1) is 0 Å². The predicted octanol–water partition coefficient (Wildman–Crippen LogP) is 2.84. The van der Waals surface area contributed by atoms with E-state index in [-0.39, 0.29) is 12.5 Å². The van der Waals surface area contributed by atoms with Crippen LogP contribution in [0.1, 0.15) is 5.82 Å². The molecule has 0 aliphatic carbocycles. The number of carbonyl (C=O) groups excluding carboxylic acids is 1. The second-order valence-electron chi connectivity index (χ2n) is 5.88. The number of nitrogens with one attached hydrogen (secondary N) is 1. The molecule has 4 heterocycles. The summed E-state index contributed by atoms with van der Waals surface area (Å²) < 4.78 is 1.78. The first-order valence-electron chi connectivity index (χ1n) is 8.13. The molecule has 0 bridgehead atoms. The molecular weight excluding hydrogens is 328 g/mol. The van der Waals surface area contributed by atoms with Gasteiger partial charge in [-0.2, -0.15) is 0 Å². The lowest BCUT2D eigenvalue weighted by molar-refractivity contribution is -0.116. The molecule has 0 aliphatic heterocycles. The fourth-order valence-electron chi connectivity index (χ4n) is 2.69. The summed E-state index contributed by atoms with van der Waals surface area (Å²) in [5.41, 5.74) is 1.76. The van der Waals surface area contributed by atoms with Gasteiger partial charge in [0.15, 0.2) is 0 Å². The lowest BCUT2D eigenvalue weighted by Crippen LogP contribution is -2.19. The molecule has 1 N–H and O–H groups in total. The molecule has 0 atom stereocenters.